The van der Waals surface area contributed by atoms with Gasteiger partial charge in [-0.3, -0.25) is 14.6 Å². The van der Waals surface area contributed by atoms with Crippen molar-refractivity contribution in [1.82, 2.24) is 20.0 Å². The van der Waals surface area contributed by atoms with Gasteiger partial charge in [0.25, 0.3) is 0 Å². The highest BCUT2D eigenvalue weighted by Crippen LogP contribution is 2.33. The number of likely N-dealkylation sites (N-methyl/N-ethyl adjacent to an activating group) is 1. The largest absolute Gasteiger partial charge is 0.463 e. The van der Waals surface area contributed by atoms with Crippen molar-refractivity contribution in [2.75, 3.05) is 46.4 Å². The molecule has 0 radical (unpaired) electrons. The van der Waals surface area contributed by atoms with Crippen molar-refractivity contribution >= 4 is 17.9 Å². The predicted molar refractivity (Wildman–Crippen MR) is 119 cm³/mol. The molecule has 0 unspecified atom stereocenters. The van der Waals surface area contributed by atoms with Crippen molar-refractivity contribution in [3.05, 3.63) is 47.2 Å². The number of urea groups is 1. The maximum Gasteiger partial charge on any atom is 0.338 e. The molecular weight excluding hydrogens is 408 g/mol. The average Bonchev–Trinajstić information content (AvgIpc) is 3.65. The van der Waals surface area contributed by atoms with Crippen LogP contribution in [0.3, 0.4) is 0 Å². The van der Waals surface area contributed by atoms with Crippen LogP contribution < -0.4 is 5.32 Å². The standard InChI is InChI=1S/C24H32N4O4/c1-3-32-23(30)20-19(26(2)24(31)25-21(20)17-8-5-4-6-9-17)16-27-12-7-13-28(15-14-27)22(29)18-10-11-18/h4-6,8-9,18,21H,3,7,10-16H2,1-2H3,(H,25,31)/t21-/m0/s1. The van der Waals surface area contributed by atoms with Crippen molar-refractivity contribution in [3.8, 4) is 0 Å². The second kappa shape index (κ2) is 9.73. The highest BCUT2D eigenvalue weighted by molar-refractivity contribution is 5.95. The fourth-order valence-electron chi connectivity index (χ4n) is 4.44. The van der Waals surface area contributed by atoms with E-state index in [-0.39, 0.29) is 24.5 Å². The van der Waals surface area contributed by atoms with E-state index in [2.05, 4.69) is 10.2 Å². The molecule has 32 heavy (non-hydrogen) atoms. The van der Waals surface area contributed by atoms with Crippen molar-refractivity contribution in [3.63, 3.8) is 0 Å². The summed E-state index contributed by atoms with van der Waals surface area (Å²) in [6.45, 7) is 5.45. The van der Waals surface area contributed by atoms with Crippen LogP contribution in [0, 0.1) is 5.92 Å². The number of nitrogens with one attached hydrogen (secondary N) is 1. The summed E-state index contributed by atoms with van der Waals surface area (Å²) >= 11 is 0. The quantitative estimate of drug-likeness (QED) is 0.686. The zero-order chi connectivity index (χ0) is 22.7. The molecule has 1 aromatic carbocycles. The third-order valence-corrected chi connectivity index (χ3v) is 6.41. The van der Waals surface area contributed by atoms with Crippen molar-refractivity contribution in [2.24, 2.45) is 5.92 Å². The molecule has 8 heteroatoms. The molecule has 0 spiro atoms. The lowest BCUT2D eigenvalue weighted by Crippen LogP contribution is -2.49. The lowest BCUT2D eigenvalue weighted by atomic mass is 9.94. The number of esters is 1. The Morgan fingerprint density at radius 2 is 1.84 bits per heavy atom. The third kappa shape index (κ3) is 4.80. The second-order valence-electron chi connectivity index (χ2n) is 8.66. The van der Waals surface area contributed by atoms with Gasteiger partial charge < -0.3 is 15.0 Å². The number of hydrogen-bond donors (Lipinski definition) is 1. The van der Waals surface area contributed by atoms with Crippen molar-refractivity contribution < 1.29 is 19.1 Å². The highest BCUT2D eigenvalue weighted by Gasteiger charge is 2.38. The van der Waals surface area contributed by atoms with E-state index in [1.54, 1.807) is 14.0 Å². The first kappa shape index (κ1) is 22.3. The minimum atomic E-state index is -0.561. The molecule has 0 aromatic heterocycles. The minimum Gasteiger partial charge on any atom is -0.463 e. The first-order chi connectivity index (χ1) is 15.5. The molecule has 4 rings (SSSR count). The smallest absolute Gasteiger partial charge is 0.338 e. The lowest BCUT2D eigenvalue weighted by Gasteiger charge is -2.36. The summed E-state index contributed by atoms with van der Waals surface area (Å²) in [5, 5.41) is 2.95. The Balaban J connectivity index is 1.60. The van der Waals surface area contributed by atoms with Crippen molar-refractivity contribution in [2.45, 2.75) is 32.2 Å². The van der Waals surface area contributed by atoms with Gasteiger partial charge in [-0.25, -0.2) is 9.59 Å². The van der Waals surface area contributed by atoms with Gasteiger partial charge in [0.1, 0.15) is 0 Å². The van der Waals surface area contributed by atoms with Crippen LogP contribution in [-0.4, -0.2) is 79.0 Å². The number of amides is 3. The zero-order valence-corrected chi connectivity index (χ0v) is 18.9. The van der Waals surface area contributed by atoms with E-state index in [0.717, 1.165) is 37.9 Å². The Morgan fingerprint density at radius 3 is 2.53 bits per heavy atom. The number of benzene rings is 1. The van der Waals surface area contributed by atoms with Crippen molar-refractivity contribution in [1.29, 1.82) is 0 Å². The molecule has 2 heterocycles. The Morgan fingerprint density at radius 1 is 1.09 bits per heavy atom. The molecule has 2 aliphatic heterocycles. The van der Waals surface area contributed by atoms with Crippen LogP contribution in [0.25, 0.3) is 0 Å². The summed E-state index contributed by atoms with van der Waals surface area (Å²) in [4.78, 5) is 44.1. The molecule has 2 fully saturated rings. The number of nitrogens with zero attached hydrogens (tertiary/aromatic N) is 3. The van der Waals surface area contributed by atoms with Gasteiger partial charge in [-0.1, -0.05) is 30.3 Å². The van der Waals surface area contributed by atoms with Crippen LogP contribution in [0.15, 0.2) is 41.6 Å². The molecule has 3 aliphatic rings. The molecule has 1 saturated heterocycles. The summed E-state index contributed by atoms with van der Waals surface area (Å²) in [6, 6.07) is 8.68. The maximum absolute atomic E-state index is 13.0. The molecule has 1 atom stereocenters. The van der Waals surface area contributed by atoms with E-state index in [9.17, 15) is 14.4 Å². The Hall–Kier alpha value is -2.87. The number of hydrogen-bond acceptors (Lipinski definition) is 5. The number of ether oxygens (including phenoxy) is 1. The predicted octanol–water partition coefficient (Wildman–Crippen LogP) is 2.14. The molecule has 1 aromatic rings. The SMILES string of the molecule is CCOC(=O)C1=C(CN2CCCN(C(=O)C3CC3)CC2)N(C)C(=O)N[C@H]1c1ccccc1. The Labute approximate surface area is 189 Å². The van der Waals surface area contributed by atoms with Crippen LogP contribution in [0.5, 0.6) is 0 Å². The zero-order valence-electron chi connectivity index (χ0n) is 18.9. The molecule has 8 nitrogen and oxygen atoms in total. The van der Waals surface area contributed by atoms with E-state index in [0.29, 0.717) is 30.9 Å². The first-order valence-corrected chi connectivity index (χ1v) is 11.5. The molecule has 172 valence electrons. The van der Waals surface area contributed by atoms with E-state index in [1.165, 1.54) is 4.90 Å². The van der Waals surface area contributed by atoms with Crippen LogP contribution in [0.1, 0.15) is 37.8 Å². The van der Waals surface area contributed by atoms with E-state index in [4.69, 9.17) is 4.74 Å². The third-order valence-electron chi connectivity index (χ3n) is 6.41. The molecule has 3 amide bonds. The van der Waals surface area contributed by atoms with Gasteiger partial charge in [-0.15, -0.1) is 0 Å². The minimum absolute atomic E-state index is 0.222. The first-order valence-electron chi connectivity index (χ1n) is 11.5. The normalized spacial score (nSPS) is 22.4. The van der Waals surface area contributed by atoms with Gasteiger partial charge in [0.05, 0.1) is 18.2 Å². The van der Waals surface area contributed by atoms with Gasteiger partial charge in [0, 0.05) is 51.4 Å². The number of rotatable bonds is 6. The van der Waals surface area contributed by atoms with Crippen LogP contribution in [-0.2, 0) is 14.3 Å². The van der Waals surface area contributed by atoms with E-state index in [1.807, 2.05) is 35.2 Å². The van der Waals surface area contributed by atoms with Gasteiger partial charge in [-0.2, -0.15) is 0 Å². The summed E-state index contributed by atoms with van der Waals surface area (Å²) in [5.41, 5.74) is 1.96. The fourth-order valence-corrected chi connectivity index (χ4v) is 4.44. The van der Waals surface area contributed by atoms with E-state index >= 15 is 0 Å². The molecule has 1 saturated carbocycles. The maximum atomic E-state index is 13.0. The Kier molecular flexibility index (Phi) is 6.79. The fraction of sp³-hybridized carbons (Fsp3) is 0.542. The van der Waals surface area contributed by atoms with Crippen LogP contribution in [0.4, 0.5) is 4.79 Å². The van der Waals surface area contributed by atoms with E-state index < -0.39 is 12.0 Å². The molecule has 0 bridgehead atoms. The van der Waals surface area contributed by atoms with Gasteiger partial charge in [-0.05, 0) is 31.7 Å². The van der Waals surface area contributed by atoms with Gasteiger partial charge >= 0.3 is 12.0 Å². The average molecular weight is 441 g/mol. The van der Waals surface area contributed by atoms with Crippen LogP contribution in [0.2, 0.25) is 0 Å². The lowest BCUT2D eigenvalue weighted by molar-refractivity contribution is -0.139. The second-order valence-corrected chi connectivity index (χ2v) is 8.66. The number of carbonyl (C=O) groups excluding carboxylic acids is 3. The van der Waals surface area contributed by atoms with Crippen LogP contribution >= 0.6 is 0 Å². The molecule has 1 N–H and O–H groups in total. The highest BCUT2D eigenvalue weighted by atomic mass is 16.5. The molecule has 1 aliphatic carbocycles. The Bertz CT molecular complexity index is 897. The summed E-state index contributed by atoms with van der Waals surface area (Å²) in [7, 11) is 1.69. The van der Waals surface area contributed by atoms with Gasteiger partial charge in [0.15, 0.2) is 0 Å². The molecular formula is C24H32N4O4. The monoisotopic (exact) mass is 440 g/mol. The summed E-state index contributed by atoms with van der Waals surface area (Å²) in [5.74, 6) is 0.0830. The van der Waals surface area contributed by atoms with Gasteiger partial charge in [0.2, 0.25) is 5.91 Å². The topological polar surface area (TPSA) is 82.2 Å². The summed E-state index contributed by atoms with van der Waals surface area (Å²) in [6.07, 6.45) is 2.89. The number of carbonyl (C=O) groups is 3. The summed E-state index contributed by atoms with van der Waals surface area (Å²) < 4.78 is 5.40.